The minimum Gasteiger partial charge on any atom is -0.456 e. The number of fused-ring (bicyclic) bond motifs is 6. The highest BCUT2D eigenvalue weighted by atomic mass is 16.3. The van der Waals surface area contributed by atoms with Gasteiger partial charge in [-0.3, -0.25) is 0 Å². The average molecular weight is 806 g/mol. The van der Waals surface area contributed by atoms with Crippen LogP contribution in [0.5, 0.6) is 0 Å². The van der Waals surface area contributed by atoms with Gasteiger partial charge in [-0.1, -0.05) is 182 Å². The van der Waals surface area contributed by atoms with Gasteiger partial charge in [0.2, 0.25) is 0 Å². The van der Waals surface area contributed by atoms with Crippen LogP contribution in [0.25, 0.3) is 99.5 Å². The van der Waals surface area contributed by atoms with Gasteiger partial charge in [-0.05, 0) is 105 Å². The van der Waals surface area contributed by atoms with Gasteiger partial charge in [-0.2, -0.15) is 0 Å². The van der Waals surface area contributed by atoms with Crippen LogP contribution < -0.4 is 4.90 Å². The second-order valence-corrected chi connectivity index (χ2v) is 16.1. The van der Waals surface area contributed by atoms with E-state index in [1.54, 1.807) is 0 Å². The van der Waals surface area contributed by atoms with Gasteiger partial charge in [0.05, 0.1) is 0 Å². The summed E-state index contributed by atoms with van der Waals surface area (Å²) in [5, 5.41) is 4.17. The minimum atomic E-state index is 0.833. The van der Waals surface area contributed by atoms with Gasteiger partial charge < -0.3 is 13.7 Å². The molecule has 10 aromatic carbocycles. The van der Waals surface area contributed by atoms with E-state index >= 15 is 0 Å². The molecule has 3 nitrogen and oxygen atoms in total. The Bertz CT molecular complexity index is 3430. The van der Waals surface area contributed by atoms with Crippen LogP contribution in [-0.2, 0) is 0 Å². The molecule has 0 saturated carbocycles. The smallest absolute Gasteiger partial charge is 0.143 e. The van der Waals surface area contributed by atoms with Crippen molar-refractivity contribution in [2.45, 2.75) is 0 Å². The maximum atomic E-state index is 6.68. The predicted molar refractivity (Wildman–Crippen MR) is 263 cm³/mol. The maximum absolute atomic E-state index is 6.68. The lowest BCUT2D eigenvalue weighted by atomic mass is 9.99. The van der Waals surface area contributed by atoms with Crippen molar-refractivity contribution in [3.8, 4) is 55.6 Å². The van der Waals surface area contributed by atoms with E-state index in [9.17, 15) is 0 Å². The first-order chi connectivity index (χ1) is 31.2. The Balaban J connectivity index is 0.938. The first-order valence-corrected chi connectivity index (χ1v) is 21.4. The molecule has 0 aliphatic carbocycles. The molecule has 0 fully saturated rings. The summed E-state index contributed by atoms with van der Waals surface area (Å²) in [6, 6.07) is 84.0. The van der Waals surface area contributed by atoms with Gasteiger partial charge in [-0.15, -0.1) is 0 Å². The van der Waals surface area contributed by atoms with Gasteiger partial charge in [0.1, 0.15) is 22.3 Å². The molecule has 0 unspecified atom stereocenters. The molecule has 12 aromatic rings. The molecule has 0 aliphatic heterocycles. The minimum absolute atomic E-state index is 0.833. The average Bonchev–Trinajstić information content (AvgIpc) is 3.91. The van der Waals surface area contributed by atoms with Crippen molar-refractivity contribution in [1.29, 1.82) is 0 Å². The van der Waals surface area contributed by atoms with E-state index in [1.165, 1.54) is 33.4 Å². The fourth-order valence-corrected chi connectivity index (χ4v) is 9.06. The van der Waals surface area contributed by atoms with Crippen LogP contribution in [0, 0.1) is 0 Å². The van der Waals surface area contributed by atoms with Gasteiger partial charge in [0.25, 0.3) is 0 Å². The van der Waals surface area contributed by atoms with Gasteiger partial charge in [0, 0.05) is 44.2 Å². The van der Waals surface area contributed by atoms with E-state index in [4.69, 9.17) is 8.83 Å². The third-order valence-corrected chi connectivity index (χ3v) is 12.3. The largest absolute Gasteiger partial charge is 0.456 e. The molecular weight excluding hydrogens is 767 g/mol. The highest BCUT2D eigenvalue weighted by molar-refractivity contribution is 6.17. The second-order valence-electron chi connectivity index (χ2n) is 16.1. The molecule has 2 aromatic heterocycles. The number of benzene rings is 10. The molecule has 0 saturated heterocycles. The predicted octanol–water partition coefficient (Wildman–Crippen LogP) is 17.3. The third-order valence-electron chi connectivity index (χ3n) is 12.3. The summed E-state index contributed by atoms with van der Waals surface area (Å²) < 4.78 is 13.3. The first-order valence-electron chi connectivity index (χ1n) is 21.4. The number of nitrogens with zero attached hydrogens (tertiary/aromatic N) is 1. The quantitative estimate of drug-likeness (QED) is 0.153. The Morgan fingerprint density at radius 2 is 0.619 bits per heavy atom. The molecule has 0 spiro atoms. The molecule has 0 bridgehead atoms. The first kappa shape index (κ1) is 36.5. The molecule has 12 rings (SSSR count). The van der Waals surface area contributed by atoms with Crippen molar-refractivity contribution in [1.82, 2.24) is 0 Å². The summed E-state index contributed by atoms with van der Waals surface area (Å²) in [5.41, 5.74) is 18.2. The van der Waals surface area contributed by atoms with Crippen molar-refractivity contribution in [3.63, 3.8) is 0 Å². The van der Waals surface area contributed by atoms with Gasteiger partial charge in [0.15, 0.2) is 0 Å². The van der Waals surface area contributed by atoms with Crippen molar-refractivity contribution in [2.24, 2.45) is 0 Å². The fourth-order valence-electron chi connectivity index (χ4n) is 9.06. The Morgan fingerprint density at radius 3 is 1.11 bits per heavy atom. The SMILES string of the molecule is c1ccc(-c2ccc(-c3ccc(N(c4ccc(-c5ccc(-c6ccccc6)cc5)cc4)c4ccc5oc6cc7c(cc6c5c4)oc4c(-c5ccccc5)cccc47)cc3)cc2)cc1. The summed E-state index contributed by atoms with van der Waals surface area (Å²) in [4.78, 5) is 2.33. The topological polar surface area (TPSA) is 29.5 Å². The van der Waals surface area contributed by atoms with Gasteiger partial charge in [-0.25, -0.2) is 0 Å². The molecule has 0 aliphatic rings. The lowest BCUT2D eigenvalue weighted by molar-refractivity contribution is 0.664. The summed E-state index contributed by atoms with van der Waals surface area (Å²) in [5.74, 6) is 0. The van der Waals surface area contributed by atoms with E-state index in [1.807, 2.05) is 6.07 Å². The van der Waals surface area contributed by atoms with Crippen LogP contribution >= 0.6 is 0 Å². The molecular formula is C60H39NO2. The van der Waals surface area contributed by atoms with Crippen LogP contribution in [0.2, 0.25) is 0 Å². The van der Waals surface area contributed by atoms with E-state index < -0.39 is 0 Å². The Hall–Kier alpha value is -8.40. The third kappa shape index (κ3) is 6.64. The summed E-state index contributed by atoms with van der Waals surface area (Å²) in [6.45, 7) is 0. The van der Waals surface area contributed by atoms with E-state index in [0.717, 1.165) is 83.2 Å². The van der Waals surface area contributed by atoms with Gasteiger partial charge >= 0.3 is 0 Å². The molecule has 0 atom stereocenters. The maximum Gasteiger partial charge on any atom is 0.143 e. The number of hydrogen-bond acceptors (Lipinski definition) is 3. The molecule has 296 valence electrons. The van der Waals surface area contributed by atoms with Crippen LogP contribution in [0.3, 0.4) is 0 Å². The van der Waals surface area contributed by atoms with E-state index in [2.05, 4.69) is 235 Å². The highest BCUT2D eigenvalue weighted by Gasteiger charge is 2.19. The molecule has 0 N–H and O–H groups in total. The highest BCUT2D eigenvalue weighted by Crippen LogP contribution is 2.43. The van der Waals surface area contributed by atoms with Crippen LogP contribution in [0.15, 0.2) is 245 Å². The van der Waals surface area contributed by atoms with E-state index in [-0.39, 0.29) is 0 Å². The lowest BCUT2D eigenvalue weighted by Gasteiger charge is -2.26. The van der Waals surface area contributed by atoms with E-state index in [0.29, 0.717) is 0 Å². The van der Waals surface area contributed by atoms with Crippen LogP contribution in [-0.4, -0.2) is 0 Å². The molecule has 3 heteroatoms. The Kier molecular flexibility index (Phi) is 8.83. The van der Waals surface area contributed by atoms with Crippen molar-refractivity contribution < 1.29 is 8.83 Å². The number of hydrogen-bond donors (Lipinski definition) is 0. The lowest BCUT2D eigenvalue weighted by Crippen LogP contribution is -2.09. The summed E-state index contributed by atoms with van der Waals surface area (Å²) in [6.07, 6.45) is 0. The fraction of sp³-hybridized carbons (Fsp3) is 0. The van der Waals surface area contributed by atoms with Crippen molar-refractivity contribution in [2.75, 3.05) is 4.90 Å². The number of rotatable bonds is 8. The van der Waals surface area contributed by atoms with Crippen molar-refractivity contribution in [3.05, 3.63) is 237 Å². The Morgan fingerprint density at radius 1 is 0.238 bits per heavy atom. The molecule has 0 amide bonds. The monoisotopic (exact) mass is 805 g/mol. The summed E-state index contributed by atoms with van der Waals surface area (Å²) >= 11 is 0. The number of anilines is 3. The zero-order chi connectivity index (χ0) is 41.7. The number of furan rings is 2. The summed E-state index contributed by atoms with van der Waals surface area (Å²) in [7, 11) is 0. The van der Waals surface area contributed by atoms with Crippen LogP contribution in [0.1, 0.15) is 0 Å². The zero-order valence-corrected chi connectivity index (χ0v) is 34.3. The van der Waals surface area contributed by atoms with Crippen LogP contribution in [0.4, 0.5) is 17.1 Å². The Labute approximate surface area is 365 Å². The molecule has 63 heavy (non-hydrogen) atoms. The normalized spacial score (nSPS) is 11.5. The second kappa shape index (κ2) is 15.3. The van der Waals surface area contributed by atoms with Crippen molar-refractivity contribution >= 4 is 60.9 Å². The molecule has 2 heterocycles. The number of para-hydroxylation sites is 1. The standard InChI is InChI=1S/C60H39NO2/c1-4-11-40(12-5-1)42-19-23-44(24-20-42)46-27-31-49(32-28-46)61(50-33-29-47(30-34-50)45-25-21-43(22-26-45)41-13-6-2-7-14-41)51-35-36-57-54(37-51)56-39-59-55(38-58(56)62-57)53-18-10-17-52(60(53)63-59)48-15-8-3-9-16-48/h1-39H. The zero-order valence-electron chi connectivity index (χ0n) is 34.3. The molecule has 0 radical (unpaired) electrons.